The molecule has 2 aromatic carbocycles. The summed E-state index contributed by atoms with van der Waals surface area (Å²) in [7, 11) is -1.43. The van der Waals surface area contributed by atoms with Gasteiger partial charge in [0.1, 0.15) is 23.0 Å². The molecule has 48 heavy (non-hydrogen) atoms. The lowest BCUT2D eigenvalue weighted by molar-refractivity contribution is 0.424. The number of H-pyrrole nitrogens is 2. The number of hydrogen-bond donors (Lipinski definition) is 6. The minimum atomic E-state index is -1.43. The fourth-order valence-electron chi connectivity index (χ4n) is 4.62. The summed E-state index contributed by atoms with van der Waals surface area (Å²) in [6, 6.07) is 23.0. The van der Waals surface area contributed by atoms with E-state index in [1.165, 1.54) is 18.5 Å². The summed E-state index contributed by atoms with van der Waals surface area (Å²) in [4.78, 5) is 25.7. The molecule has 0 spiro atoms. The van der Waals surface area contributed by atoms with Crippen LogP contribution in [0.25, 0.3) is 55.7 Å². The van der Waals surface area contributed by atoms with Gasteiger partial charge in [0, 0.05) is 46.7 Å². The molecule has 0 aliphatic carbocycles. The van der Waals surface area contributed by atoms with Crippen molar-refractivity contribution in [1.82, 2.24) is 50.3 Å². The van der Waals surface area contributed by atoms with Crippen LogP contribution in [0.2, 0.25) is 5.15 Å². The molecule has 8 rings (SSSR count). The van der Waals surface area contributed by atoms with Crippen LogP contribution in [0.1, 0.15) is 0 Å². The Hall–Kier alpha value is -6.29. The first-order valence-corrected chi connectivity index (χ1v) is 14.7. The first-order valence-electron chi connectivity index (χ1n) is 14.3. The van der Waals surface area contributed by atoms with Crippen LogP contribution in [0.15, 0.2) is 110 Å². The highest BCUT2D eigenvalue weighted by molar-refractivity contribution is 6.57. The highest BCUT2D eigenvalue weighted by atomic mass is 35.5. The van der Waals surface area contributed by atoms with E-state index in [1.54, 1.807) is 24.8 Å². The van der Waals surface area contributed by atoms with Crippen molar-refractivity contribution in [3.8, 4) is 33.9 Å². The minimum Gasteiger partial charge on any atom is -0.422 e. The summed E-state index contributed by atoms with van der Waals surface area (Å²) < 4.78 is 0. The van der Waals surface area contributed by atoms with Crippen LogP contribution in [0, 0.1) is 0 Å². The molecular weight excluding hydrogens is 631 g/mol. The second-order valence-electron chi connectivity index (χ2n) is 10.1. The third kappa shape index (κ3) is 7.40. The molecule has 0 radical (unpaired) electrons. The monoisotopic (exact) mass is 656 g/mol. The molecule has 6 aromatic heterocycles. The third-order valence-corrected chi connectivity index (χ3v) is 7.11. The Kier molecular flexibility index (Phi) is 9.52. The number of anilines is 2. The zero-order valence-electron chi connectivity index (χ0n) is 25.0. The lowest BCUT2D eigenvalue weighted by atomic mass is 9.87. The van der Waals surface area contributed by atoms with Crippen molar-refractivity contribution in [3.05, 3.63) is 115 Å². The van der Waals surface area contributed by atoms with E-state index in [-0.39, 0.29) is 0 Å². The highest BCUT2D eigenvalue weighted by Gasteiger charge is 2.14. The Morgan fingerprint density at radius 1 is 0.604 bits per heavy atom. The molecule has 8 aromatic rings. The molecule has 0 atom stereocenters. The molecule has 0 amide bonds. The van der Waals surface area contributed by atoms with E-state index >= 15 is 0 Å². The van der Waals surface area contributed by atoms with Gasteiger partial charge in [0.15, 0.2) is 5.15 Å². The smallest absolute Gasteiger partial charge is 0.422 e. The largest absolute Gasteiger partial charge is 0.507 e. The van der Waals surface area contributed by atoms with Gasteiger partial charge >= 0.3 is 7.12 Å². The quantitative estimate of drug-likeness (QED) is 0.149. The Morgan fingerprint density at radius 2 is 1.19 bits per heavy atom. The van der Waals surface area contributed by atoms with Crippen molar-refractivity contribution < 1.29 is 10.0 Å². The third-order valence-electron chi connectivity index (χ3n) is 6.85. The number of nitrogens with two attached hydrogens (primary N) is 2. The van der Waals surface area contributed by atoms with Crippen molar-refractivity contribution in [1.29, 1.82) is 0 Å². The maximum Gasteiger partial charge on any atom is 0.507 e. The second kappa shape index (κ2) is 14.4. The summed E-state index contributed by atoms with van der Waals surface area (Å²) in [5, 5.41) is 31.9. The molecule has 14 nitrogen and oxygen atoms in total. The number of nitrogen functional groups attached to an aromatic ring is 2. The molecule has 0 saturated carbocycles. The van der Waals surface area contributed by atoms with Gasteiger partial charge in [0.2, 0.25) is 0 Å². The normalized spacial score (nSPS) is 10.6. The average Bonchev–Trinajstić information content (AvgIpc) is 3.85. The van der Waals surface area contributed by atoms with Gasteiger partial charge in [-0.1, -0.05) is 35.9 Å². The van der Waals surface area contributed by atoms with Crippen LogP contribution >= 0.6 is 11.6 Å². The number of aromatic amines is 2. The molecule has 16 heteroatoms. The number of rotatable bonds is 4. The van der Waals surface area contributed by atoms with Crippen molar-refractivity contribution in [3.63, 3.8) is 0 Å². The van der Waals surface area contributed by atoms with Crippen LogP contribution in [0.4, 0.5) is 11.6 Å². The number of pyridine rings is 2. The van der Waals surface area contributed by atoms with Gasteiger partial charge in [-0.25, -0.2) is 15.0 Å². The number of halogens is 1. The Balaban J connectivity index is 0.000000138. The number of benzene rings is 2. The molecular formula is C32H26BClN12O2. The summed E-state index contributed by atoms with van der Waals surface area (Å²) >= 11 is 6.05. The first kappa shape index (κ1) is 31.7. The number of nitrogens with one attached hydrogen (secondary N) is 2. The zero-order chi connectivity index (χ0) is 33.5. The van der Waals surface area contributed by atoms with Crippen molar-refractivity contribution in [2.75, 3.05) is 11.5 Å². The van der Waals surface area contributed by atoms with Crippen molar-refractivity contribution >= 4 is 57.8 Å². The maximum atomic E-state index is 8.40. The predicted molar refractivity (Wildman–Crippen MR) is 185 cm³/mol. The molecule has 236 valence electrons. The van der Waals surface area contributed by atoms with E-state index in [0.717, 1.165) is 44.3 Å². The molecule has 0 aliphatic rings. The molecule has 8 N–H and O–H groups in total. The van der Waals surface area contributed by atoms with Gasteiger partial charge in [-0.15, -0.1) is 0 Å². The van der Waals surface area contributed by atoms with Crippen LogP contribution in [0.3, 0.4) is 0 Å². The lowest BCUT2D eigenvalue weighted by Crippen LogP contribution is -2.30. The first-order chi connectivity index (χ1) is 23.4. The van der Waals surface area contributed by atoms with E-state index in [4.69, 9.17) is 33.1 Å². The second-order valence-corrected chi connectivity index (χ2v) is 10.5. The summed E-state index contributed by atoms with van der Waals surface area (Å²) in [6.07, 6.45) is 9.72. The van der Waals surface area contributed by atoms with Crippen LogP contribution in [-0.2, 0) is 0 Å². The standard InChI is InChI=1S/C16H12N6.C13H9ClN4.C3H5BN2O2/c17-14-9-19-15(16(21-14)13-5-7-20-22-13)11-3-4-12-10(8-11)2-1-6-18-12;14-13-12(17-7-11(15)18-13)9-3-4-10-8(6-9)2-1-5-16-10;7-4(8)3-1-2-5-6-3/h1-9H,(H2,17,21)(H,20,22);1-7H,(H2,15,18);1-2,7-8H,(H,5,6). The molecule has 0 bridgehead atoms. The van der Waals surface area contributed by atoms with E-state index in [0.29, 0.717) is 33.8 Å². The van der Waals surface area contributed by atoms with Gasteiger partial charge in [-0.05, 0) is 48.5 Å². The van der Waals surface area contributed by atoms with Crippen LogP contribution < -0.4 is 17.1 Å². The Bertz CT molecular complexity index is 2290. The van der Waals surface area contributed by atoms with Crippen molar-refractivity contribution in [2.24, 2.45) is 0 Å². The van der Waals surface area contributed by atoms with Gasteiger partial charge in [0.25, 0.3) is 0 Å². The fraction of sp³-hybridized carbons (Fsp3) is 0. The maximum absolute atomic E-state index is 8.40. The zero-order valence-corrected chi connectivity index (χ0v) is 25.7. The number of nitrogens with zero attached hydrogens (tertiary/aromatic N) is 8. The van der Waals surface area contributed by atoms with E-state index < -0.39 is 7.12 Å². The molecule has 0 fully saturated rings. The van der Waals surface area contributed by atoms with E-state index in [9.17, 15) is 0 Å². The van der Waals surface area contributed by atoms with Gasteiger partial charge in [-0.3, -0.25) is 25.1 Å². The van der Waals surface area contributed by atoms with E-state index in [2.05, 4.69) is 50.3 Å². The molecule has 6 heterocycles. The minimum absolute atomic E-state index is 0.304. The van der Waals surface area contributed by atoms with E-state index in [1.807, 2.05) is 66.7 Å². The summed E-state index contributed by atoms with van der Waals surface area (Å²) in [6.45, 7) is 0. The number of hydrogen-bond acceptors (Lipinski definition) is 12. The molecule has 0 aliphatic heterocycles. The fourth-order valence-corrected chi connectivity index (χ4v) is 4.87. The van der Waals surface area contributed by atoms with Gasteiger partial charge < -0.3 is 21.5 Å². The lowest BCUT2D eigenvalue weighted by Gasteiger charge is -2.08. The molecule has 0 saturated heterocycles. The highest BCUT2D eigenvalue weighted by Crippen LogP contribution is 2.30. The average molecular weight is 657 g/mol. The van der Waals surface area contributed by atoms with Crippen molar-refractivity contribution in [2.45, 2.75) is 0 Å². The summed E-state index contributed by atoms with van der Waals surface area (Å²) in [5.74, 6) is 0.682. The predicted octanol–water partition coefficient (Wildman–Crippen LogP) is 3.68. The van der Waals surface area contributed by atoms with Gasteiger partial charge in [-0.2, -0.15) is 10.2 Å². The Labute approximate surface area is 278 Å². The topological polar surface area (TPSA) is 227 Å². The SMILES string of the molecule is Nc1cnc(-c2ccc3ncccc3c2)c(-c2ccn[nH]2)n1.Nc1cnc(-c2ccc3ncccc3c2)c(Cl)n1.OB(O)c1ccn[nH]1. The molecule has 0 unspecified atom stereocenters. The number of aromatic nitrogens is 10. The Morgan fingerprint density at radius 3 is 1.73 bits per heavy atom. The van der Waals surface area contributed by atoms with Crippen LogP contribution in [-0.4, -0.2) is 67.5 Å². The number of fused-ring (bicyclic) bond motifs is 2. The summed E-state index contributed by atoms with van der Waals surface area (Å²) in [5.41, 5.74) is 18.2. The van der Waals surface area contributed by atoms with Gasteiger partial charge in [0.05, 0.1) is 40.4 Å². The van der Waals surface area contributed by atoms with Crippen LogP contribution in [0.5, 0.6) is 0 Å².